The van der Waals surface area contributed by atoms with Crippen LogP contribution < -0.4 is 0 Å². The Morgan fingerprint density at radius 1 is 1.06 bits per heavy atom. The van der Waals surface area contributed by atoms with E-state index in [4.69, 9.17) is 5.11 Å². The van der Waals surface area contributed by atoms with Gasteiger partial charge in [0.15, 0.2) is 0 Å². The minimum Gasteiger partial charge on any atom is -0.450 e. The van der Waals surface area contributed by atoms with E-state index in [2.05, 4.69) is 23.8 Å². The Hall–Kier alpha value is -0.990. The van der Waals surface area contributed by atoms with Gasteiger partial charge in [0.25, 0.3) is 0 Å². The van der Waals surface area contributed by atoms with Gasteiger partial charge in [-0.15, -0.1) is 0 Å². The Labute approximate surface area is 98.5 Å². The first-order valence-electron chi connectivity index (χ1n) is 6.28. The molecule has 3 heteroatoms. The molecule has 0 amide bonds. The third-order valence-electron chi connectivity index (χ3n) is 2.38. The topological polar surface area (TPSA) is 46.5 Å². The smallest absolute Gasteiger partial charge is 0.450 e. The molecule has 0 saturated heterocycles. The average Bonchev–Trinajstić information content (AvgIpc) is 2.25. The van der Waals surface area contributed by atoms with Gasteiger partial charge in [0.1, 0.15) is 0 Å². The number of carboxylic acid groups (broad SMARTS) is 1. The lowest BCUT2D eigenvalue weighted by molar-refractivity contribution is 0.0900. The van der Waals surface area contributed by atoms with Gasteiger partial charge >= 0.3 is 6.16 Å². The van der Waals surface area contributed by atoms with Crippen molar-refractivity contribution in [3.8, 4) is 0 Å². The number of carbonyl (C=O) groups is 1. The number of hydrogen-bond donors (Lipinski definition) is 1. The summed E-state index contributed by atoms with van der Waals surface area (Å²) >= 11 is 0. The maximum Gasteiger partial charge on any atom is 0.505 e. The van der Waals surface area contributed by atoms with Gasteiger partial charge in [-0.1, -0.05) is 44.8 Å². The molecule has 3 nitrogen and oxygen atoms in total. The number of hydrogen-bond acceptors (Lipinski definition) is 2. The largest absolute Gasteiger partial charge is 0.505 e. The molecule has 94 valence electrons. The predicted molar refractivity (Wildman–Crippen MR) is 65.7 cm³/mol. The summed E-state index contributed by atoms with van der Waals surface area (Å²) in [6.45, 7) is 2.54. The molecular formula is C13H24O3. The van der Waals surface area contributed by atoms with E-state index in [9.17, 15) is 4.79 Å². The zero-order valence-electron chi connectivity index (χ0n) is 10.3. The molecule has 0 fully saturated rings. The maximum atomic E-state index is 10.0. The molecule has 0 aliphatic carbocycles. The highest BCUT2D eigenvalue weighted by atomic mass is 16.7. The lowest BCUT2D eigenvalue weighted by Crippen LogP contribution is -2.01. The lowest BCUT2D eigenvalue weighted by Gasteiger charge is -1.99. The Morgan fingerprint density at radius 3 is 2.31 bits per heavy atom. The van der Waals surface area contributed by atoms with Gasteiger partial charge in [0, 0.05) is 0 Å². The van der Waals surface area contributed by atoms with Gasteiger partial charge in [-0.05, 0) is 25.7 Å². The van der Waals surface area contributed by atoms with Gasteiger partial charge in [0.2, 0.25) is 0 Å². The summed E-state index contributed by atoms with van der Waals surface area (Å²) < 4.78 is 4.42. The molecular weight excluding hydrogens is 204 g/mol. The summed E-state index contributed by atoms with van der Waals surface area (Å²) in [6, 6.07) is 0. The molecule has 0 aromatic carbocycles. The number of rotatable bonds is 10. The fourth-order valence-corrected chi connectivity index (χ4v) is 1.43. The van der Waals surface area contributed by atoms with Crippen LogP contribution in [0.5, 0.6) is 0 Å². The second-order valence-electron chi connectivity index (χ2n) is 3.93. The van der Waals surface area contributed by atoms with Crippen molar-refractivity contribution in [2.75, 3.05) is 6.61 Å². The zero-order valence-corrected chi connectivity index (χ0v) is 10.3. The van der Waals surface area contributed by atoms with Crippen molar-refractivity contribution in [2.24, 2.45) is 0 Å². The van der Waals surface area contributed by atoms with Crippen LogP contribution in [0.4, 0.5) is 4.79 Å². The summed E-state index contributed by atoms with van der Waals surface area (Å²) in [4.78, 5) is 10.0. The standard InChI is InChI=1S/C13H24O3/c1-2-3-4-5-6-7-8-9-10-11-12-16-13(14)15/h5-6H,2-4,7-12H2,1H3,(H,14,15). The van der Waals surface area contributed by atoms with E-state index in [-0.39, 0.29) is 0 Å². The van der Waals surface area contributed by atoms with Crippen molar-refractivity contribution < 1.29 is 14.6 Å². The Balaban J connectivity index is 3.03. The van der Waals surface area contributed by atoms with E-state index < -0.39 is 6.16 Å². The first-order valence-corrected chi connectivity index (χ1v) is 6.28. The lowest BCUT2D eigenvalue weighted by atomic mass is 10.1. The van der Waals surface area contributed by atoms with E-state index in [0.29, 0.717) is 6.61 Å². The maximum absolute atomic E-state index is 10.0. The predicted octanol–water partition coefficient (Wildman–Crippen LogP) is 4.38. The van der Waals surface area contributed by atoms with Crippen LogP contribution in [-0.4, -0.2) is 17.9 Å². The van der Waals surface area contributed by atoms with Crippen LogP contribution in [0.1, 0.15) is 58.3 Å². The van der Waals surface area contributed by atoms with E-state index in [1.54, 1.807) is 0 Å². The molecule has 0 saturated carbocycles. The Morgan fingerprint density at radius 2 is 1.69 bits per heavy atom. The fourth-order valence-electron chi connectivity index (χ4n) is 1.43. The highest BCUT2D eigenvalue weighted by molar-refractivity contribution is 5.56. The van der Waals surface area contributed by atoms with Crippen LogP contribution in [0.25, 0.3) is 0 Å². The highest BCUT2D eigenvalue weighted by Gasteiger charge is 1.94. The fraction of sp³-hybridized carbons (Fsp3) is 0.769. The van der Waals surface area contributed by atoms with Crippen LogP contribution in [-0.2, 0) is 4.74 Å². The minimum absolute atomic E-state index is 0.335. The molecule has 0 spiro atoms. The van der Waals surface area contributed by atoms with Crippen LogP contribution in [0.3, 0.4) is 0 Å². The summed E-state index contributed by atoms with van der Waals surface area (Å²) in [7, 11) is 0. The molecule has 0 aromatic heterocycles. The van der Waals surface area contributed by atoms with Crippen molar-refractivity contribution in [3.63, 3.8) is 0 Å². The van der Waals surface area contributed by atoms with Gasteiger partial charge in [-0.2, -0.15) is 0 Å². The molecule has 0 aliphatic heterocycles. The molecule has 0 aromatic rings. The molecule has 0 unspecified atom stereocenters. The summed E-state index contributed by atoms with van der Waals surface area (Å²) in [5.41, 5.74) is 0. The average molecular weight is 228 g/mol. The molecule has 0 radical (unpaired) electrons. The summed E-state index contributed by atoms with van der Waals surface area (Å²) in [6.07, 6.45) is 12.5. The third kappa shape index (κ3) is 13.0. The monoisotopic (exact) mass is 228 g/mol. The minimum atomic E-state index is -1.17. The van der Waals surface area contributed by atoms with Crippen LogP contribution in [0.2, 0.25) is 0 Å². The first kappa shape index (κ1) is 15.0. The van der Waals surface area contributed by atoms with E-state index >= 15 is 0 Å². The van der Waals surface area contributed by atoms with Gasteiger partial charge in [0.05, 0.1) is 6.61 Å². The van der Waals surface area contributed by atoms with Gasteiger partial charge in [-0.3, -0.25) is 0 Å². The second-order valence-corrected chi connectivity index (χ2v) is 3.93. The molecule has 0 bridgehead atoms. The molecule has 0 heterocycles. The third-order valence-corrected chi connectivity index (χ3v) is 2.38. The van der Waals surface area contributed by atoms with E-state index in [1.165, 1.54) is 25.7 Å². The van der Waals surface area contributed by atoms with Gasteiger partial charge < -0.3 is 9.84 Å². The molecule has 0 aliphatic rings. The van der Waals surface area contributed by atoms with Gasteiger partial charge in [-0.25, -0.2) is 4.79 Å². The second kappa shape index (κ2) is 12.1. The van der Waals surface area contributed by atoms with Crippen LogP contribution in [0.15, 0.2) is 12.2 Å². The number of allylic oxidation sites excluding steroid dienone is 2. The van der Waals surface area contributed by atoms with Crippen molar-refractivity contribution >= 4 is 6.16 Å². The normalized spacial score (nSPS) is 10.8. The molecule has 0 rings (SSSR count). The molecule has 16 heavy (non-hydrogen) atoms. The van der Waals surface area contributed by atoms with Crippen molar-refractivity contribution in [1.29, 1.82) is 0 Å². The molecule has 1 N–H and O–H groups in total. The first-order chi connectivity index (χ1) is 7.77. The Kier molecular flexibility index (Phi) is 11.3. The van der Waals surface area contributed by atoms with Crippen LogP contribution in [0, 0.1) is 0 Å². The van der Waals surface area contributed by atoms with E-state index in [1.807, 2.05) is 0 Å². The van der Waals surface area contributed by atoms with E-state index in [0.717, 1.165) is 25.7 Å². The molecule has 0 atom stereocenters. The number of unbranched alkanes of at least 4 members (excludes halogenated alkanes) is 6. The number of ether oxygens (including phenoxy) is 1. The van der Waals surface area contributed by atoms with Crippen LogP contribution >= 0.6 is 0 Å². The Bertz CT molecular complexity index is 188. The summed E-state index contributed by atoms with van der Waals surface area (Å²) in [5, 5.41) is 8.23. The zero-order chi connectivity index (χ0) is 12.1. The SMILES string of the molecule is CCCCC=CCCCCCCOC(=O)O. The van der Waals surface area contributed by atoms with Crippen molar-refractivity contribution in [3.05, 3.63) is 12.2 Å². The quantitative estimate of drug-likeness (QED) is 0.343. The summed E-state index contributed by atoms with van der Waals surface area (Å²) in [5.74, 6) is 0. The highest BCUT2D eigenvalue weighted by Crippen LogP contribution is 2.05. The van der Waals surface area contributed by atoms with Crippen molar-refractivity contribution in [1.82, 2.24) is 0 Å². The van der Waals surface area contributed by atoms with Crippen molar-refractivity contribution in [2.45, 2.75) is 58.3 Å².